The van der Waals surface area contributed by atoms with Crippen molar-refractivity contribution in [2.75, 3.05) is 47.0 Å². The largest absolute Gasteiger partial charge is 0.478 e. The highest BCUT2D eigenvalue weighted by atomic mass is 32.2. The fourth-order valence-electron chi connectivity index (χ4n) is 4.81. The molecule has 31 heavy (non-hydrogen) atoms. The van der Waals surface area contributed by atoms with E-state index in [9.17, 15) is 9.90 Å². The minimum absolute atomic E-state index is 0.362. The van der Waals surface area contributed by atoms with E-state index in [1.807, 2.05) is 23.9 Å². The molecule has 7 nitrogen and oxygen atoms in total. The van der Waals surface area contributed by atoms with Crippen molar-refractivity contribution in [3.63, 3.8) is 0 Å². The van der Waals surface area contributed by atoms with Crippen LogP contribution < -0.4 is 15.1 Å². The highest BCUT2D eigenvalue weighted by Crippen LogP contribution is 2.38. The van der Waals surface area contributed by atoms with E-state index in [4.69, 9.17) is 9.97 Å². The van der Waals surface area contributed by atoms with Crippen molar-refractivity contribution in [2.24, 2.45) is 0 Å². The average Bonchev–Trinajstić information content (AvgIpc) is 3.29. The molecule has 0 radical (unpaired) electrons. The maximum atomic E-state index is 11.6. The molecular formula is C23H29N5O2S. The van der Waals surface area contributed by atoms with Crippen LogP contribution >= 0.6 is 11.8 Å². The molecule has 2 aromatic rings. The van der Waals surface area contributed by atoms with Crippen LogP contribution in [0.1, 0.15) is 48.2 Å². The number of carboxylic acid groups (broad SMARTS) is 1. The summed E-state index contributed by atoms with van der Waals surface area (Å²) in [6, 6.07) is 7.77. The molecule has 3 aliphatic rings. The maximum absolute atomic E-state index is 11.6. The second kappa shape index (κ2) is 8.94. The molecule has 1 saturated heterocycles. The van der Waals surface area contributed by atoms with Gasteiger partial charge in [-0.25, -0.2) is 9.78 Å². The number of aromatic nitrogens is 2. The number of thioether (sulfide) groups is 1. The second-order valence-electron chi connectivity index (χ2n) is 8.52. The minimum atomic E-state index is -0.879. The first kappa shape index (κ1) is 20.4. The summed E-state index contributed by atoms with van der Waals surface area (Å²) >= 11 is 1.87. The van der Waals surface area contributed by atoms with Crippen LogP contribution in [-0.4, -0.2) is 59.0 Å². The van der Waals surface area contributed by atoms with Crippen LogP contribution in [-0.2, 0) is 6.42 Å². The summed E-state index contributed by atoms with van der Waals surface area (Å²) in [6.45, 7) is 3.07. The standard InChI is InChI=1S/C23H29N5O2S/c29-22(30)17-8-4-5-9-19(17)27-11-13-28(14-12-27)23-25-18-10-15-31-20(18)21(26-23)24-16-6-2-1-3-7-16/h4-5,8-9,16H,1-3,6-7,10-15H2,(H,29,30)(H,24,25,26). The summed E-state index contributed by atoms with van der Waals surface area (Å²) in [7, 11) is 0. The Morgan fingerprint density at radius 1 is 1.03 bits per heavy atom. The van der Waals surface area contributed by atoms with Gasteiger partial charge < -0.3 is 20.2 Å². The number of hydrogen-bond acceptors (Lipinski definition) is 7. The number of aromatic carboxylic acids is 1. The first-order valence-electron chi connectivity index (χ1n) is 11.3. The Morgan fingerprint density at radius 2 is 1.77 bits per heavy atom. The second-order valence-corrected chi connectivity index (χ2v) is 9.63. The number of benzene rings is 1. The normalized spacial score (nSPS) is 19.4. The van der Waals surface area contributed by atoms with Crippen molar-refractivity contribution in [1.82, 2.24) is 9.97 Å². The number of hydrogen-bond donors (Lipinski definition) is 2. The first-order chi connectivity index (χ1) is 15.2. The van der Waals surface area contributed by atoms with E-state index < -0.39 is 5.97 Å². The average molecular weight is 440 g/mol. The zero-order valence-electron chi connectivity index (χ0n) is 17.7. The van der Waals surface area contributed by atoms with Crippen molar-refractivity contribution in [2.45, 2.75) is 49.5 Å². The summed E-state index contributed by atoms with van der Waals surface area (Å²) in [4.78, 5) is 27.1. The fraction of sp³-hybridized carbons (Fsp3) is 0.522. The van der Waals surface area contributed by atoms with E-state index in [1.165, 1.54) is 42.7 Å². The summed E-state index contributed by atoms with van der Waals surface area (Å²) in [5.74, 6) is 2.03. The third-order valence-electron chi connectivity index (χ3n) is 6.49. The van der Waals surface area contributed by atoms with Gasteiger partial charge in [-0.15, -0.1) is 11.8 Å². The molecule has 1 aliphatic carbocycles. The molecule has 1 saturated carbocycles. The lowest BCUT2D eigenvalue weighted by Gasteiger charge is -2.37. The monoisotopic (exact) mass is 439 g/mol. The van der Waals surface area contributed by atoms with Crippen LogP contribution in [0, 0.1) is 0 Å². The number of piperazine rings is 1. The van der Waals surface area contributed by atoms with Crippen LogP contribution in [0.2, 0.25) is 0 Å². The van der Waals surface area contributed by atoms with E-state index in [1.54, 1.807) is 12.1 Å². The van der Waals surface area contributed by atoms with Crippen LogP contribution in [0.15, 0.2) is 29.2 Å². The van der Waals surface area contributed by atoms with Gasteiger partial charge in [-0.2, -0.15) is 4.98 Å². The summed E-state index contributed by atoms with van der Waals surface area (Å²) < 4.78 is 0. The quantitative estimate of drug-likeness (QED) is 0.726. The fourth-order valence-corrected chi connectivity index (χ4v) is 5.87. The van der Waals surface area contributed by atoms with Gasteiger partial charge in [0.05, 0.1) is 21.8 Å². The summed E-state index contributed by atoms with van der Waals surface area (Å²) in [5.41, 5.74) is 2.33. The lowest BCUT2D eigenvalue weighted by atomic mass is 9.95. The molecule has 8 heteroatoms. The van der Waals surface area contributed by atoms with Gasteiger partial charge in [-0.3, -0.25) is 0 Å². The molecule has 164 valence electrons. The zero-order valence-corrected chi connectivity index (χ0v) is 18.5. The molecule has 3 heterocycles. The van der Waals surface area contributed by atoms with E-state index >= 15 is 0 Å². The van der Waals surface area contributed by atoms with Gasteiger partial charge in [0.1, 0.15) is 5.82 Å². The molecule has 2 aliphatic heterocycles. The molecule has 2 fully saturated rings. The Balaban J connectivity index is 1.32. The molecule has 1 aromatic carbocycles. The molecule has 0 bridgehead atoms. The number of nitrogens with zero attached hydrogens (tertiary/aromatic N) is 4. The molecular weight excluding hydrogens is 410 g/mol. The summed E-state index contributed by atoms with van der Waals surface area (Å²) in [6.07, 6.45) is 7.38. The SMILES string of the molecule is O=C(O)c1ccccc1N1CCN(c2nc3c(c(NC4CCCCC4)n2)SCC3)CC1. The Hall–Kier alpha value is -2.48. The number of rotatable bonds is 5. The lowest BCUT2D eigenvalue weighted by molar-refractivity contribution is 0.0697. The minimum Gasteiger partial charge on any atom is -0.478 e. The molecule has 0 amide bonds. The van der Waals surface area contributed by atoms with E-state index in [2.05, 4.69) is 15.1 Å². The Morgan fingerprint density at radius 3 is 2.55 bits per heavy atom. The Kier molecular flexibility index (Phi) is 5.89. The third kappa shape index (κ3) is 4.31. The topological polar surface area (TPSA) is 81.6 Å². The number of aryl methyl sites for hydroxylation is 1. The smallest absolute Gasteiger partial charge is 0.337 e. The zero-order chi connectivity index (χ0) is 21.2. The van der Waals surface area contributed by atoms with Gasteiger partial charge in [-0.1, -0.05) is 31.4 Å². The number of para-hydroxylation sites is 1. The van der Waals surface area contributed by atoms with Gasteiger partial charge in [0, 0.05) is 44.4 Å². The highest BCUT2D eigenvalue weighted by Gasteiger charge is 2.27. The molecule has 0 atom stereocenters. The van der Waals surface area contributed by atoms with E-state index in [0.29, 0.717) is 11.6 Å². The maximum Gasteiger partial charge on any atom is 0.337 e. The number of fused-ring (bicyclic) bond motifs is 1. The van der Waals surface area contributed by atoms with Crippen LogP contribution in [0.3, 0.4) is 0 Å². The van der Waals surface area contributed by atoms with Gasteiger partial charge >= 0.3 is 5.97 Å². The van der Waals surface area contributed by atoms with Gasteiger partial charge in [0.15, 0.2) is 0 Å². The molecule has 2 N–H and O–H groups in total. The lowest BCUT2D eigenvalue weighted by Crippen LogP contribution is -2.47. The number of nitrogens with one attached hydrogen (secondary N) is 1. The van der Waals surface area contributed by atoms with E-state index in [0.717, 1.165) is 55.8 Å². The van der Waals surface area contributed by atoms with Crippen molar-refractivity contribution in [3.05, 3.63) is 35.5 Å². The van der Waals surface area contributed by atoms with Crippen molar-refractivity contribution in [1.29, 1.82) is 0 Å². The number of anilines is 3. The Labute approximate surface area is 187 Å². The molecule has 0 unspecified atom stereocenters. The number of carboxylic acids is 1. The first-order valence-corrected chi connectivity index (χ1v) is 12.3. The van der Waals surface area contributed by atoms with Crippen LogP contribution in [0.5, 0.6) is 0 Å². The molecule has 1 aromatic heterocycles. The van der Waals surface area contributed by atoms with Crippen molar-refractivity contribution < 1.29 is 9.90 Å². The van der Waals surface area contributed by atoms with E-state index in [-0.39, 0.29) is 0 Å². The third-order valence-corrected chi connectivity index (χ3v) is 7.62. The predicted octanol–water partition coefficient (Wildman–Crippen LogP) is 3.89. The van der Waals surface area contributed by atoms with Gasteiger partial charge in [0.25, 0.3) is 0 Å². The predicted molar refractivity (Wildman–Crippen MR) is 125 cm³/mol. The van der Waals surface area contributed by atoms with Crippen LogP contribution in [0.25, 0.3) is 0 Å². The Bertz CT molecular complexity index is 955. The molecule has 5 rings (SSSR count). The number of carbonyl (C=O) groups is 1. The summed E-state index contributed by atoms with van der Waals surface area (Å²) in [5, 5.41) is 13.3. The van der Waals surface area contributed by atoms with Crippen molar-refractivity contribution in [3.8, 4) is 0 Å². The van der Waals surface area contributed by atoms with Gasteiger partial charge in [-0.05, 0) is 25.0 Å². The van der Waals surface area contributed by atoms with Crippen molar-refractivity contribution >= 4 is 35.2 Å². The highest BCUT2D eigenvalue weighted by molar-refractivity contribution is 7.99. The molecule has 0 spiro atoms. The van der Waals surface area contributed by atoms with Crippen LogP contribution in [0.4, 0.5) is 17.5 Å². The van der Waals surface area contributed by atoms with Gasteiger partial charge in [0.2, 0.25) is 5.95 Å².